The van der Waals surface area contributed by atoms with E-state index in [4.69, 9.17) is 11.6 Å². The molecule has 4 nitrogen and oxygen atoms in total. The predicted molar refractivity (Wildman–Crippen MR) is 75.4 cm³/mol. The summed E-state index contributed by atoms with van der Waals surface area (Å²) in [5.41, 5.74) is 0.971. The number of nitrogens with one attached hydrogen (secondary N) is 1. The monoisotopic (exact) mass is 295 g/mol. The third-order valence-corrected chi connectivity index (χ3v) is 3.82. The van der Waals surface area contributed by atoms with E-state index in [1.165, 1.54) is 6.07 Å². The van der Waals surface area contributed by atoms with E-state index in [-0.39, 0.29) is 17.8 Å². The standard InChI is InChI=1S/C14H15ClFN3O/c15-7-6-12-18-13-9(16)3-1-4-10(13)19(12)11-5-2-8-17-14(11)20/h1,3-4,11H,2,5-8H2,(H,17,20). The highest BCUT2D eigenvalue weighted by atomic mass is 35.5. The zero-order valence-corrected chi connectivity index (χ0v) is 11.7. The molecule has 1 fully saturated rings. The van der Waals surface area contributed by atoms with E-state index in [0.717, 1.165) is 12.8 Å². The van der Waals surface area contributed by atoms with Crippen molar-refractivity contribution in [3.63, 3.8) is 0 Å². The topological polar surface area (TPSA) is 46.9 Å². The molecule has 20 heavy (non-hydrogen) atoms. The molecule has 0 saturated carbocycles. The minimum absolute atomic E-state index is 0.0318. The number of halogens is 2. The lowest BCUT2D eigenvalue weighted by Gasteiger charge is -2.25. The summed E-state index contributed by atoms with van der Waals surface area (Å²) in [6.07, 6.45) is 2.16. The predicted octanol–water partition coefficient (Wildman–Crippen LogP) is 2.41. The molecule has 1 aromatic heterocycles. The van der Waals surface area contributed by atoms with Gasteiger partial charge in [0, 0.05) is 18.8 Å². The fourth-order valence-corrected chi connectivity index (χ4v) is 2.91. The lowest BCUT2D eigenvalue weighted by atomic mass is 10.1. The first-order valence-corrected chi connectivity index (χ1v) is 7.25. The minimum Gasteiger partial charge on any atom is -0.354 e. The Hall–Kier alpha value is -1.62. The van der Waals surface area contributed by atoms with Crippen LogP contribution in [0.25, 0.3) is 11.0 Å². The second kappa shape index (κ2) is 5.40. The van der Waals surface area contributed by atoms with Crippen molar-refractivity contribution in [1.82, 2.24) is 14.9 Å². The number of aromatic nitrogens is 2. The maximum atomic E-state index is 13.9. The summed E-state index contributed by atoms with van der Waals surface area (Å²) >= 11 is 5.80. The number of carbonyl (C=O) groups excluding carboxylic acids is 1. The number of hydrogen-bond donors (Lipinski definition) is 1. The molecule has 0 radical (unpaired) electrons. The smallest absolute Gasteiger partial charge is 0.243 e. The summed E-state index contributed by atoms with van der Waals surface area (Å²) < 4.78 is 15.7. The van der Waals surface area contributed by atoms with Gasteiger partial charge < -0.3 is 9.88 Å². The van der Waals surface area contributed by atoms with Gasteiger partial charge in [-0.25, -0.2) is 9.37 Å². The maximum absolute atomic E-state index is 13.9. The molecule has 1 aromatic carbocycles. The third-order valence-electron chi connectivity index (χ3n) is 3.63. The molecule has 1 aliphatic heterocycles. The van der Waals surface area contributed by atoms with Crippen LogP contribution in [0.15, 0.2) is 18.2 Å². The van der Waals surface area contributed by atoms with Gasteiger partial charge in [0.1, 0.15) is 17.4 Å². The highest BCUT2D eigenvalue weighted by Gasteiger charge is 2.28. The number of imidazole rings is 1. The van der Waals surface area contributed by atoms with Crippen LogP contribution in [-0.2, 0) is 11.2 Å². The van der Waals surface area contributed by atoms with Crippen LogP contribution in [0.1, 0.15) is 24.7 Å². The molecule has 1 N–H and O–H groups in total. The van der Waals surface area contributed by atoms with Gasteiger partial charge >= 0.3 is 0 Å². The Kier molecular flexibility index (Phi) is 3.61. The van der Waals surface area contributed by atoms with E-state index in [0.29, 0.717) is 35.7 Å². The van der Waals surface area contributed by atoms with Crippen LogP contribution in [0.4, 0.5) is 4.39 Å². The van der Waals surface area contributed by atoms with E-state index < -0.39 is 0 Å². The first kappa shape index (κ1) is 13.4. The highest BCUT2D eigenvalue weighted by molar-refractivity contribution is 6.17. The number of fused-ring (bicyclic) bond motifs is 1. The van der Waals surface area contributed by atoms with Crippen LogP contribution >= 0.6 is 11.6 Å². The van der Waals surface area contributed by atoms with Crippen LogP contribution < -0.4 is 5.32 Å². The third kappa shape index (κ3) is 2.16. The fraction of sp³-hybridized carbons (Fsp3) is 0.429. The average molecular weight is 296 g/mol. The van der Waals surface area contributed by atoms with Crippen LogP contribution in [0.2, 0.25) is 0 Å². The van der Waals surface area contributed by atoms with Crippen molar-refractivity contribution in [2.24, 2.45) is 0 Å². The van der Waals surface area contributed by atoms with Crippen LogP contribution in [0.3, 0.4) is 0 Å². The Balaban J connectivity index is 2.18. The summed E-state index contributed by atoms with van der Waals surface area (Å²) in [6, 6.07) is 4.49. The second-order valence-electron chi connectivity index (χ2n) is 4.89. The molecular weight excluding hydrogens is 281 g/mol. The molecule has 1 unspecified atom stereocenters. The summed E-state index contributed by atoms with van der Waals surface area (Å²) in [6.45, 7) is 0.696. The van der Waals surface area contributed by atoms with Crippen molar-refractivity contribution >= 4 is 28.5 Å². The van der Waals surface area contributed by atoms with Gasteiger partial charge in [0.25, 0.3) is 0 Å². The van der Waals surface area contributed by atoms with Gasteiger partial charge in [-0.1, -0.05) is 6.07 Å². The molecule has 0 aliphatic carbocycles. The molecule has 0 bridgehead atoms. The normalized spacial score (nSPS) is 19.3. The number of alkyl halides is 1. The number of aryl methyl sites for hydroxylation is 1. The molecule has 1 saturated heterocycles. The van der Waals surface area contributed by atoms with E-state index in [2.05, 4.69) is 10.3 Å². The Morgan fingerprint density at radius 2 is 2.35 bits per heavy atom. The van der Waals surface area contributed by atoms with Gasteiger partial charge in [0.15, 0.2) is 5.82 Å². The Morgan fingerprint density at radius 1 is 1.50 bits per heavy atom. The highest BCUT2D eigenvalue weighted by Crippen LogP contribution is 2.27. The van der Waals surface area contributed by atoms with Gasteiger partial charge in [-0.15, -0.1) is 11.6 Å². The molecule has 6 heteroatoms. The molecular formula is C14H15ClFN3O. The molecule has 1 amide bonds. The lowest BCUT2D eigenvalue weighted by Crippen LogP contribution is -2.38. The second-order valence-corrected chi connectivity index (χ2v) is 5.27. The maximum Gasteiger partial charge on any atom is 0.243 e. The summed E-state index contributed by atoms with van der Waals surface area (Å²) in [7, 11) is 0. The summed E-state index contributed by atoms with van der Waals surface area (Å²) in [4.78, 5) is 16.4. The van der Waals surface area contributed by atoms with Crippen molar-refractivity contribution < 1.29 is 9.18 Å². The van der Waals surface area contributed by atoms with Crippen LogP contribution in [0.5, 0.6) is 0 Å². The van der Waals surface area contributed by atoms with E-state index in [1.807, 2.05) is 4.57 Å². The van der Waals surface area contributed by atoms with Crippen molar-refractivity contribution in [3.05, 3.63) is 29.8 Å². The average Bonchev–Trinajstić information content (AvgIpc) is 2.80. The van der Waals surface area contributed by atoms with Crippen molar-refractivity contribution in [3.8, 4) is 0 Å². The molecule has 2 heterocycles. The first-order valence-electron chi connectivity index (χ1n) is 6.71. The number of benzene rings is 1. The van der Waals surface area contributed by atoms with Crippen LogP contribution in [0, 0.1) is 5.82 Å². The largest absolute Gasteiger partial charge is 0.354 e. The summed E-state index contributed by atoms with van der Waals surface area (Å²) in [5.74, 6) is 0.658. The number of nitrogens with zero attached hydrogens (tertiary/aromatic N) is 2. The molecule has 1 aliphatic rings. The van der Waals surface area contributed by atoms with Gasteiger partial charge in [0.05, 0.1) is 5.52 Å². The summed E-state index contributed by atoms with van der Waals surface area (Å²) in [5, 5.41) is 2.85. The van der Waals surface area contributed by atoms with Crippen LogP contribution in [-0.4, -0.2) is 27.9 Å². The quantitative estimate of drug-likeness (QED) is 0.884. The van der Waals surface area contributed by atoms with E-state index in [9.17, 15) is 9.18 Å². The Morgan fingerprint density at radius 3 is 3.10 bits per heavy atom. The number of amides is 1. The number of hydrogen-bond acceptors (Lipinski definition) is 2. The van der Waals surface area contributed by atoms with Gasteiger partial charge in [0.2, 0.25) is 5.91 Å². The van der Waals surface area contributed by atoms with E-state index >= 15 is 0 Å². The number of para-hydroxylation sites is 1. The lowest BCUT2D eigenvalue weighted by molar-refractivity contribution is -0.125. The van der Waals surface area contributed by atoms with Gasteiger partial charge in [-0.2, -0.15) is 0 Å². The number of rotatable bonds is 3. The zero-order valence-electron chi connectivity index (χ0n) is 10.9. The van der Waals surface area contributed by atoms with Crippen molar-refractivity contribution in [2.45, 2.75) is 25.3 Å². The van der Waals surface area contributed by atoms with Crippen molar-refractivity contribution in [1.29, 1.82) is 0 Å². The van der Waals surface area contributed by atoms with Gasteiger partial charge in [-0.3, -0.25) is 4.79 Å². The fourth-order valence-electron chi connectivity index (χ4n) is 2.74. The molecule has 3 rings (SSSR count). The Bertz CT molecular complexity index is 655. The first-order chi connectivity index (χ1) is 9.72. The number of piperidine rings is 1. The molecule has 2 aromatic rings. The van der Waals surface area contributed by atoms with Gasteiger partial charge in [-0.05, 0) is 25.0 Å². The zero-order chi connectivity index (χ0) is 14.1. The van der Waals surface area contributed by atoms with E-state index in [1.54, 1.807) is 12.1 Å². The minimum atomic E-state index is -0.367. The molecule has 0 spiro atoms. The molecule has 106 valence electrons. The van der Waals surface area contributed by atoms with Crippen molar-refractivity contribution in [2.75, 3.05) is 12.4 Å². The SMILES string of the molecule is O=C1NCCCC1n1c(CCCl)nc2c(F)cccc21. The Labute approximate surface area is 120 Å². The molecule has 1 atom stereocenters. The number of carbonyl (C=O) groups is 1.